The topological polar surface area (TPSA) is 127 Å². The fraction of sp³-hybridized carbons (Fsp3) is 0.0811. The fourth-order valence-electron chi connectivity index (χ4n) is 5.99. The molecule has 0 atom stereocenters. The van der Waals surface area contributed by atoms with Gasteiger partial charge in [0, 0.05) is 11.4 Å². The Hall–Kier alpha value is -6.02. The normalized spacial score (nSPS) is 14.0. The molecule has 2 aliphatic rings. The maximum absolute atomic E-state index is 13.7. The predicted molar refractivity (Wildman–Crippen MR) is 175 cm³/mol. The molecule has 0 aromatic heterocycles. The lowest BCUT2D eigenvalue weighted by Gasteiger charge is -2.23. The zero-order chi connectivity index (χ0) is 31.6. The summed E-state index contributed by atoms with van der Waals surface area (Å²) in [7, 11) is 0. The van der Waals surface area contributed by atoms with Gasteiger partial charge in [0.1, 0.15) is 0 Å². The summed E-state index contributed by atoms with van der Waals surface area (Å²) in [4.78, 5) is 56.8. The first kappa shape index (κ1) is 27.8. The molecule has 4 amide bonds. The van der Waals surface area contributed by atoms with Crippen LogP contribution in [0.3, 0.4) is 0 Å². The minimum atomic E-state index is -0.439. The van der Waals surface area contributed by atoms with Gasteiger partial charge in [0.2, 0.25) is 0 Å². The predicted octanol–water partition coefficient (Wildman–Crippen LogP) is 6.91. The monoisotopic (exact) mass is 592 g/mol. The van der Waals surface area contributed by atoms with Crippen LogP contribution in [0.4, 0.5) is 22.7 Å². The van der Waals surface area contributed by atoms with Crippen LogP contribution in [-0.4, -0.2) is 23.6 Å². The van der Waals surface area contributed by atoms with Crippen molar-refractivity contribution in [3.8, 4) is 22.3 Å². The van der Waals surface area contributed by atoms with E-state index < -0.39 is 23.6 Å². The van der Waals surface area contributed by atoms with Crippen molar-refractivity contribution in [3.05, 3.63) is 131 Å². The third-order valence-corrected chi connectivity index (χ3v) is 8.39. The van der Waals surface area contributed by atoms with Crippen molar-refractivity contribution in [2.45, 2.75) is 19.8 Å². The number of carbonyl (C=O) groups excluding carboxylic acids is 4. The van der Waals surface area contributed by atoms with E-state index in [4.69, 9.17) is 11.5 Å². The van der Waals surface area contributed by atoms with Crippen molar-refractivity contribution < 1.29 is 19.2 Å². The number of imide groups is 2. The molecule has 45 heavy (non-hydrogen) atoms. The molecule has 7 rings (SSSR count). The molecular weight excluding hydrogens is 564 g/mol. The van der Waals surface area contributed by atoms with Gasteiger partial charge in [-0.3, -0.25) is 19.2 Å². The first-order valence-electron chi connectivity index (χ1n) is 14.5. The van der Waals surface area contributed by atoms with Gasteiger partial charge in [-0.05, 0) is 100 Å². The largest absolute Gasteiger partial charge is 0.399 e. The molecule has 220 valence electrons. The number of amides is 4. The van der Waals surface area contributed by atoms with E-state index in [-0.39, 0.29) is 5.92 Å². The van der Waals surface area contributed by atoms with E-state index in [1.165, 1.54) is 4.90 Å². The molecule has 2 heterocycles. The van der Waals surface area contributed by atoms with Gasteiger partial charge in [0.15, 0.2) is 0 Å². The molecule has 8 nitrogen and oxygen atoms in total. The lowest BCUT2D eigenvalue weighted by Crippen LogP contribution is -2.32. The van der Waals surface area contributed by atoms with Gasteiger partial charge in [-0.1, -0.05) is 50.2 Å². The molecule has 0 radical (unpaired) electrons. The summed E-state index contributed by atoms with van der Waals surface area (Å²) in [6.45, 7) is 3.86. The van der Waals surface area contributed by atoms with Crippen molar-refractivity contribution >= 4 is 46.4 Å². The summed E-state index contributed by atoms with van der Waals surface area (Å²) in [6.07, 6.45) is 0. The second kappa shape index (κ2) is 10.3. The summed E-state index contributed by atoms with van der Waals surface area (Å²) < 4.78 is 0. The van der Waals surface area contributed by atoms with Crippen molar-refractivity contribution in [1.29, 1.82) is 0 Å². The molecule has 5 aromatic rings. The van der Waals surface area contributed by atoms with E-state index >= 15 is 0 Å². The standard InChI is InChI=1S/C37H28N4O4/c1-20(2)30-19-27(40-34(42)28-14-7-23(17-31(28)36(40)44)21-3-9-25(38)10-4-21)13-16-33(30)41-35(43)29-15-8-24(18-32(29)37(41)45)22-5-11-26(39)12-6-22/h3-20H,38-39H2,1-2H3. The Kier molecular flexibility index (Phi) is 6.37. The molecule has 0 saturated heterocycles. The van der Waals surface area contributed by atoms with Crippen LogP contribution >= 0.6 is 0 Å². The van der Waals surface area contributed by atoms with Gasteiger partial charge >= 0.3 is 0 Å². The van der Waals surface area contributed by atoms with Crippen LogP contribution in [0.2, 0.25) is 0 Å². The van der Waals surface area contributed by atoms with E-state index in [2.05, 4.69) is 0 Å². The molecule has 0 saturated carbocycles. The molecule has 0 fully saturated rings. The minimum absolute atomic E-state index is 0.137. The number of hydrogen-bond acceptors (Lipinski definition) is 6. The Morgan fingerprint density at radius 2 is 0.889 bits per heavy atom. The minimum Gasteiger partial charge on any atom is -0.399 e. The quantitative estimate of drug-likeness (QED) is 0.169. The zero-order valence-electron chi connectivity index (χ0n) is 24.6. The number of anilines is 4. The van der Waals surface area contributed by atoms with Crippen LogP contribution in [0, 0.1) is 0 Å². The van der Waals surface area contributed by atoms with E-state index in [0.717, 1.165) is 27.2 Å². The number of carbonyl (C=O) groups is 4. The Balaban J connectivity index is 1.22. The summed E-state index contributed by atoms with van der Waals surface area (Å²) >= 11 is 0. The first-order valence-corrected chi connectivity index (χ1v) is 14.5. The SMILES string of the molecule is CC(C)c1cc(N2C(=O)c3ccc(-c4ccc(N)cc4)cc3C2=O)ccc1N1C(=O)c2ccc(-c3ccc(N)cc3)cc2C1=O. The third-order valence-electron chi connectivity index (χ3n) is 8.39. The molecule has 8 heteroatoms. The van der Waals surface area contributed by atoms with Crippen LogP contribution in [0.5, 0.6) is 0 Å². The maximum atomic E-state index is 13.7. The van der Waals surface area contributed by atoms with Crippen LogP contribution in [-0.2, 0) is 0 Å². The number of hydrogen-bond donors (Lipinski definition) is 2. The van der Waals surface area contributed by atoms with Gasteiger partial charge in [-0.25, -0.2) is 9.80 Å². The van der Waals surface area contributed by atoms with Gasteiger partial charge in [0.25, 0.3) is 23.6 Å². The average Bonchev–Trinajstić information content (AvgIpc) is 3.44. The lowest BCUT2D eigenvalue weighted by atomic mass is 9.99. The number of benzene rings is 5. The molecule has 0 aliphatic carbocycles. The molecule has 0 unspecified atom stereocenters. The van der Waals surface area contributed by atoms with Gasteiger partial charge in [0.05, 0.1) is 33.6 Å². The second-order valence-electron chi connectivity index (χ2n) is 11.6. The van der Waals surface area contributed by atoms with Gasteiger partial charge in [-0.15, -0.1) is 0 Å². The Morgan fingerprint density at radius 3 is 1.38 bits per heavy atom. The second-order valence-corrected chi connectivity index (χ2v) is 11.6. The van der Waals surface area contributed by atoms with Crippen molar-refractivity contribution in [2.75, 3.05) is 21.3 Å². The van der Waals surface area contributed by atoms with Gasteiger partial charge < -0.3 is 11.5 Å². The molecular formula is C37H28N4O4. The van der Waals surface area contributed by atoms with Crippen LogP contribution in [0.25, 0.3) is 22.3 Å². The number of nitrogens with two attached hydrogens (primary N) is 2. The van der Waals surface area contributed by atoms with Crippen molar-refractivity contribution in [2.24, 2.45) is 0 Å². The molecule has 4 N–H and O–H groups in total. The van der Waals surface area contributed by atoms with Crippen LogP contribution < -0.4 is 21.3 Å². The summed E-state index contributed by atoms with van der Waals surface area (Å²) in [6, 6.07) is 29.9. The van der Waals surface area contributed by atoms with Crippen molar-refractivity contribution in [1.82, 2.24) is 0 Å². The number of nitrogens with zero attached hydrogens (tertiary/aromatic N) is 2. The highest BCUT2D eigenvalue weighted by atomic mass is 16.2. The van der Waals surface area contributed by atoms with Gasteiger partial charge in [-0.2, -0.15) is 0 Å². The molecule has 0 spiro atoms. The fourth-order valence-corrected chi connectivity index (χ4v) is 5.99. The zero-order valence-corrected chi connectivity index (χ0v) is 24.6. The molecule has 0 bridgehead atoms. The Bertz CT molecular complexity index is 2080. The highest BCUT2D eigenvalue weighted by molar-refractivity contribution is 6.36. The highest BCUT2D eigenvalue weighted by Crippen LogP contribution is 2.39. The molecule has 5 aromatic carbocycles. The number of rotatable bonds is 5. The van der Waals surface area contributed by atoms with E-state index in [0.29, 0.717) is 50.6 Å². The average molecular weight is 593 g/mol. The van der Waals surface area contributed by atoms with Crippen LogP contribution in [0.15, 0.2) is 103 Å². The van der Waals surface area contributed by atoms with E-state index in [1.807, 2.05) is 50.2 Å². The summed E-state index contributed by atoms with van der Waals surface area (Å²) in [5.41, 5.74) is 18.9. The summed E-state index contributed by atoms with van der Waals surface area (Å²) in [5, 5.41) is 0. The van der Waals surface area contributed by atoms with E-state index in [9.17, 15) is 19.2 Å². The Labute approximate surface area is 259 Å². The smallest absolute Gasteiger partial charge is 0.266 e. The summed E-state index contributed by atoms with van der Waals surface area (Å²) in [5.74, 6) is -1.87. The Morgan fingerprint density at radius 1 is 0.467 bits per heavy atom. The maximum Gasteiger partial charge on any atom is 0.266 e. The number of nitrogen functional groups attached to an aromatic ring is 2. The van der Waals surface area contributed by atoms with Crippen LogP contribution in [0.1, 0.15) is 66.8 Å². The third kappa shape index (κ3) is 4.46. The highest BCUT2D eigenvalue weighted by Gasteiger charge is 2.40. The van der Waals surface area contributed by atoms with E-state index in [1.54, 1.807) is 66.7 Å². The first-order chi connectivity index (χ1) is 21.6. The molecule has 2 aliphatic heterocycles. The lowest BCUT2D eigenvalue weighted by molar-refractivity contribution is 0.0909. The van der Waals surface area contributed by atoms with Crippen molar-refractivity contribution in [3.63, 3.8) is 0 Å². The number of fused-ring (bicyclic) bond motifs is 2.